The van der Waals surface area contributed by atoms with E-state index in [0.717, 1.165) is 5.56 Å². The maximum Gasteiger partial charge on any atom is 0.0884 e. The highest BCUT2D eigenvalue weighted by Crippen LogP contribution is 2.48. The van der Waals surface area contributed by atoms with Crippen LogP contribution in [0.1, 0.15) is 5.56 Å². The number of hydrogen-bond donors (Lipinski definition) is 4. The van der Waals surface area contributed by atoms with Crippen LogP contribution in [0, 0.1) is 0 Å². The summed E-state index contributed by atoms with van der Waals surface area (Å²) in [7, 11) is 0. The van der Waals surface area contributed by atoms with Gasteiger partial charge >= 0.3 is 0 Å². The number of fused-ring (bicyclic) bond motifs is 3. The largest absolute Gasteiger partial charge is 0.394 e. The molecule has 5 heteroatoms. The fourth-order valence-corrected chi connectivity index (χ4v) is 3.64. The number of aliphatic hydroxyl groups is 3. The third-order valence-corrected chi connectivity index (χ3v) is 5.18. The van der Waals surface area contributed by atoms with Crippen LogP contribution in [0.3, 0.4) is 0 Å². The molecule has 0 aliphatic heterocycles. The van der Waals surface area contributed by atoms with E-state index in [0.29, 0.717) is 6.54 Å². The monoisotopic (exact) mass is 371 g/mol. The Hall–Kier alpha value is -1.95. The van der Waals surface area contributed by atoms with Crippen molar-refractivity contribution in [2.75, 3.05) is 19.8 Å². The second-order valence-corrected chi connectivity index (χ2v) is 6.66. The van der Waals surface area contributed by atoms with Crippen LogP contribution in [0.4, 0.5) is 0 Å². The Balaban J connectivity index is 0.00000196. The summed E-state index contributed by atoms with van der Waals surface area (Å²) in [5.74, 6) is 0. The van der Waals surface area contributed by atoms with Crippen LogP contribution in [0.25, 0.3) is 33.0 Å². The van der Waals surface area contributed by atoms with Gasteiger partial charge in [0.05, 0.1) is 25.4 Å². The SMILES string of the molecule is Cl.OCC(CO)(CO)NCc1ccc2cccc3c2c1-c1ccccc1-3. The van der Waals surface area contributed by atoms with Gasteiger partial charge in [0.1, 0.15) is 0 Å². The second kappa shape index (κ2) is 7.35. The molecule has 0 atom stereocenters. The van der Waals surface area contributed by atoms with E-state index in [1.54, 1.807) is 0 Å². The third kappa shape index (κ3) is 2.80. The quantitative estimate of drug-likeness (QED) is 0.420. The lowest BCUT2D eigenvalue weighted by Gasteiger charge is -2.29. The van der Waals surface area contributed by atoms with Gasteiger partial charge in [0, 0.05) is 6.54 Å². The van der Waals surface area contributed by atoms with Crippen molar-refractivity contribution in [1.29, 1.82) is 0 Å². The van der Waals surface area contributed by atoms with Crippen molar-refractivity contribution in [3.8, 4) is 22.3 Å². The van der Waals surface area contributed by atoms with Crippen molar-refractivity contribution in [3.63, 3.8) is 0 Å². The van der Waals surface area contributed by atoms with E-state index in [1.807, 2.05) is 6.07 Å². The molecule has 3 aromatic carbocycles. The van der Waals surface area contributed by atoms with Crippen molar-refractivity contribution in [3.05, 3.63) is 60.2 Å². The zero-order chi connectivity index (χ0) is 17.4. The predicted molar refractivity (Wildman–Crippen MR) is 106 cm³/mol. The zero-order valence-corrected chi connectivity index (χ0v) is 15.1. The van der Waals surface area contributed by atoms with Gasteiger partial charge < -0.3 is 20.6 Å². The minimum absolute atomic E-state index is 0. The first-order valence-electron chi connectivity index (χ1n) is 8.45. The molecular weight excluding hydrogens is 350 g/mol. The van der Waals surface area contributed by atoms with Gasteiger partial charge in [-0.1, -0.05) is 54.6 Å². The van der Waals surface area contributed by atoms with Crippen LogP contribution in [-0.2, 0) is 6.54 Å². The fraction of sp³-hybridized carbons (Fsp3) is 0.238. The Labute approximate surface area is 158 Å². The molecule has 4 nitrogen and oxygen atoms in total. The molecule has 3 aromatic rings. The van der Waals surface area contributed by atoms with Crippen LogP contribution in [0.15, 0.2) is 54.6 Å². The summed E-state index contributed by atoms with van der Waals surface area (Å²) >= 11 is 0. The standard InChI is InChI=1S/C21H21NO3.ClH/c23-11-21(12-24,13-25)22-10-15-9-8-14-4-3-7-18-16-5-1-2-6-17(16)20(15)19(14)18;/h1-9,22-25H,10-13H2;1H. The Morgan fingerprint density at radius 1 is 0.731 bits per heavy atom. The number of halogens is 1. The maximum atomic E-state index is 9.54. The number of aliphatic hydroxyl groups excluding tert-OH is 3. The molecule has 4 N–H and O–H groups in total. The molecule has 1 aliphatic carbocycles. The lowest BCUT2D eigenvalue weighted by molar-refractivity contribution is 0.0414. The molecule has 0 radical (unpaired) electrons. The summed E-state index contributed by atoms with van der Waals surface area (Å²) in [6.45, 7) is -0.532. The van der Waals surface area contributed by atoms with E-state index in [-0.39, 0.29) is 32.2 Å². The number of benzene rings is 3. The summed E-state index contributed by atoms with van der Waals surface area (Å²) in [5.41, 5.74) is 4.87. The second-order valence-electron chi connectivity index (χ2n) is 6.66. The van der Waals surface area contributed by atoms with Gasteiger partial charge in [-0.2, -0.15) is 0 Å². The molecule has 0 unspecified atom stereocenters. The van der Waals surface area contributed by atoms with E-state index in [1.165, 1.54) is 33.0 Å². The van der Waals surface area contributed by atoms with E-state index >= 15 is 0 Å². The molecule has 0 aromatic heterocycles. The van der Waals surface area contributed by atoms with Gasteiger partial charge in [-0.05, 0) is 38.6 Å². The Morgan fingerprint density at radius 2 is 1.38 bits per heavy atom. The third-order valence-electron chi connectivity index (χ3n) is 5.18. The molecule has 0 spiro atoms. The van der Waals surface area contributed by atoms with Crippen molar-refractivity contribution >= 4 is 23.2 Å². The van der Waals surface area contributed by atoms with Crippen molar-refractivity contribution in [2.45, 2.75) is 12.1 Å². The van der Waals surface area contributed by atoms with Gasteiger partial charge in [-0.15, -0.1) is 12.4 Å². The van der Waals surface area contributed by atoms with Crippen LogP contribution in [0.5, 0.6) is 0 Å². The first kappa shape index (κ1) is 18.8. The normalized spacial score (nSPS) is 12.1. The van der Waals surface area contributed by atoms with Crippen molar-refractivity contribution in [1.82, 2.24) is 5.32 Å². The number of rotatable bonds is 6. The lowest BCUT2D eigenvalue weighted by atomic mass is 9.96. The van der Waals surface area contributed by atoms with Crippen molar-refractivity contribution in [2.24, 2.45) is 0 Å². The molecule has 0 saturated heterocycles. The average Bonchev–Trinajstić information content (AvgIpc) is 3.02. The highest BCUT2D eigenvalue weighted by atomic mass is 35.5. The van der Waals surface area contributed by atoms with Crippen LogP contribution in [0.2, 0.25) is 0 Å². The van der Waals surface area contributed by atoms with E-state index in [4.69, 9.17) is 0 Å². The number of hydrogen-bond acceptors (Lipinski definition) is 4. The van der Waals surface area contributed by atoms with Gasteiger partial charge in [-0.3, -0.25) is 0 Å². The molecule has 0 bridgehead atoms. The van der Waals surface area contributed by atoms with Crippen molar-refractivity contribution < 1.29 is 15.3 Å². The summed E-state index contributed by atoms with van der Waals surface area (Å²) in [5, 5.41) is 34.2. The fourth-order valence-electron chi connectivity index (χ4n) is 3.64. The minimum Gasteiger partial charge on any atom is -0.394 e. The molecule has 0 fully saturated rings. The van der Waals surface area contributed by atoms with Gasteiger partial charge in [0.15, 0.2) is 0 Å². The van der Waals surface area contributed by atoms with E-state index in [9.17, 15) is 15.3 Å². The molecule has 4 rings (SSSR count). The summed E-state index contributed by atoms with van der Waals surface area (Å²) in [6.07, 6.45) is 0. The lowest BCUT2D eigenvalue weighted by Crippen LogP contribution is -2.54. The number of nitrogens with one attached hydrogen (secondary N) is 1. The molecule has 0 heterocycles. The Bertz CT molecular complexity index is 929. The summed E-state index contributed by atoms with van der Waals surface area (Å²) in [6, 6.07) is 18.9. The molecule has 0 amide bonds. The zero-order valence-electron chi connectivity index (χ0n) is 14.3. The molecule has 136 valence electrons. The predicted octanol–water partition coefficient (Wildman–Crippen LogP) is 2.71. The molecule has 1 aliphatic rings. The van der Waals surface area contributed by atoms with Crippen LogP contribution >= 0.6 is 12.4 Å². The van der Waals surface area contributed by atoms with Gasteiger partial charge in [0.2, 0.25) is 0 Å². The Morgan fingerprint density at radius 3 is 2.08 bits per heavy atom. The topological polar surface area (TPSA) is 72.7 Å². The highest BCUT2D eigenvalue weighted by Gasteiger charge is 2.29. The Kier molecular flexibility index (Phi) is 5.32. The first-order chi connectivity index (χ1) is 12.2. The van der Waals surface area contributed by atoms with Gasteiger partial charge in [0.25, 0.3) is 0 Å². The summed E-state index contributed by atoms with van der Waals surface area (Å²) in [4.78, 5) is 0. The highest BCUT2D eigenvalue weighted by molar-refractivity contribution is 6.16. The van der Waals surface area contributed by atoms with E-state index in [2.05, 4.69) is 53.8 Å². The summed E-state index contributed by atoms with van der Waals surface area (Å²) < 4.78 is 0. The minimum atomic E-state index is -1.08. The smallest absolute Gasteiger partial charge is 0.0884 e. The van der Waals surface area contributed by atoms with Gasteiger partial charge in [-0.25, -0.2) is 0 Å². The van der Waals surface area contributed by atoms with E-state index < -0.39 is 5.54 Å². The van der Waals surface area contributed by atoms with Crippen LogP contribution in [-0.4, -0.2) is 40.7 Å². The van der Waals surface area contributed by atoms with Crippen LogP contribution < -0.4 is 5.32 Å². The maximum absolute atomic E-state index is 9.54. The first-order valence-corrected chi connectivity index (χ1v) is 8.45. The average molecular weight is 372 g/mol. The molecule has 0 saturated carbocycles. The molecule has 26 heavy (non-hydrogen) atoms. The molecular formula is C21H22ClNO3.